The molecule has 138 valence electrons. The molecule has 0 spiro atoms. The first-order valence-electron chi connectivity index (χ1n) is 8.90. The molecule has 2 amide bonds. The summed E-state index contributed by atoms with van der Waals surface area (Å²) in [7, 11) is 0. The van der Waals surface area contributed by atoms with Gasteiger partial charge in [-0.2, -0.15) is 0 Å². The molecule has 0 saturated carbocycles. The van der Waals surface area contributed by atoms with Crippen LogP contribution in [0.25, 0.3) is 0 Å². The molecule has 0 radical (unpaired) electrons. The second-order valence-electron chi connectivity index (χ2n) is 6.35. The van der Waals surface area contributed by atoms with Crippen molar-refractivity contribution in [2.24, 2.45) is 5.41 Å². The van der Waals surface area contributed by atoms with E-state index in [0.29, 0.717) is 24.9 Å². The van der Waals surface area contributed by atoms with Crippen molar-refractivity contribution in [2.45, 2.75) is 72.1 Å². The summed E-state index contributed by atoms with van der Waals surface area (Å²) < 4.78 is 0. The first-order chi connectivity index (χ1) is 11.4. The molecule has 2 N–H and O–H groups in total. The van der Waals surface area contributed by atoms with Crippen molar-refractivity contribution < 1.29 is 19.2 Å². The number of amides is 2. The minimum atomic E-state index is -0.371. The minimum Gasteiger partial charge on any atom is -0.348 e. The van der Waals surface area contributed by atoms with Crippen molar-refractivity contribution in [3.63, 3.8) is 0 Å². The van der Waals surface area contributed by atoms with Crippen LogP contribution in [-0.4, -0.2) is 37.0 Å². The fraction of sp³-hybridized carbons (Fsp3) is 0.778. The van der Waals surface area contributed by atoms with Gasteiger partial charge in [-0.15, -0.1) is 0 Å². The summed E-state index contributed by atoms with van der Waals surface area (Å²) >= 11 is 0. The number of aldehydes is 1. The van der Waals surface area contributed by atoms with E-state index in [9.17, 15) is 19.2 Å². The Balaban J connectivity index is 3.69. The predicted octanol–water partition coefficient (Wildman–Crippen LogP) is 2.15. The van der Waals surface area contributed by atoms with E-state index in [1.807, 2.05) is 6.92 Å². The van der Waals surface area contributed by atoms with E-state index in [2.05, 4.69) is 24.5 Å². The number of hydrogen-bond acceptors (Lipinski definition) is 4. The zero-order chi connectivity index (χ0) is 18.4. The van der Waals surface area contributed by atoms with Crippen molar-refractivity contribution in [3.8, 4) is 0 Å². The first-order valence-corrected chi connectivity index (χ1v) is 8.90. The summed E-state index contributed by atoms with van der Waals surface area (Å²) in [6, 6.07) is 0. The van der Waals surface area contributed by atoms with Crippen LogP contribution < -0.4 is 10.6 Å². The highest BCUT2D eigenvalue weighted by atomic mass is 16.2. The standard InChI is InChI=1S/C18H32N2O4/c1-4-18(3,5-2)15(22)10-8-6-7-9-11-16(23)20-14-17(24)19-12-13-21/h13H,4-12,14H2,1-3H3,(H,19,24)(H,20,23). The van der Waals surface area contributed by atoms with Gasteiger partial charge in [0.25, 0.3) is 0 Å². The number of Topliss-reactive ketones (excluding diaryl/α,β-unsaturated/α-hetero) is 1. The molecule has 6 nitrogen and oxygen atoms in total. The quantitative estimate of drug-likeness (QED) is 0.374. The van der Waals surface area contributed by atoms with Crippen molar-refractivity contribution >= 4 is 23.9 Å². The van der Waals surface area contributed by atoms with Crippen LogP contribution in [0.4, 0.5) is 0 Å². The molecule has 0 aliphatic heterocycles. The number of unbranched alkanes of at least 4 members (excludes halogenated alkanes) is 3. The minimum absolute atomic E-state index is 0.0392. The molecule has 0 bridgehead atoms. The lowest BCUT2D eigenvalue weighted by Gasteiger charge is -2.24. The van der Waals surface area contributed by atoms with Crippen molar-refractivity contribution in [3.05, 3.63) is 0 Å². The Morgan fingerprint density at radius 2 is 1.46 bits per heavy atom. The highest BCUT2D eigenvalue weighted by molar-refractivity contribution is 5.85. The third-order valence-corrected chi connectivity index (χ3v) is 4.62. The monoisotopic (exact) mass is 340 g/mol. The fourth-order valence-electron chi connectivity index (χ4n) is 2.36. The molecule has 0 aliphatic rings. The van der Waals surface area contributed by atoms with E-state index < -0.39 is 0 Å². The molecule has 6 heteroatoms. The van der Waals surface area contributed by atoms with E-state index in [1.165, 1.54) is 0 Å². The number of ketones is 1. The zero-order valence-electron chi connectivity index (χ0n) is 15.3. The molecule has 0 atom stereocenters. The van der Waals surface area contributed by atoms with Crippen LogP contribution in [0.3, 0.4) is 0 Å². The van der Waals surface area contributed by atoms with Gasteiger partial charge in [0, 0.05) is 18.3 Å². The Morgan fingerprint density at radius 1 is 0.875 bits per heavy atom. The smallest absolute Gasteiger partial charge is 0.239 e. The fourth-order valence-corrected chi connectivity index (χ4v) is 2.36. The lowest BCUT2D eigenvalue weighted by Crippen LogP contribution is -2.37. The number of carbonyl (C=O) groups excluding carboxylic acids is 4. The van der Waals surface area contributed by atoms with Gasteiger partial charge in [0.05, 0.1) is 13.1 Å². The summed E-state index contributed by atoms with van der Waals surface area (Å²) in [4.78, 5) is 45.0. The molecule has 0 aromatic carbocycles. The molecule has 0 aromatic heterocycles. The maximum absolute atomic E-state index is 12.2. The normalized spacial score (nSPS) is 11.0. The van der Waals surface area contributed by atoms with Crippen LogP contribution in [0.2, 0.25) is 0 Å². The Bertz CT molecular complexity index is 417. The van der Waals surface area contributed by atoms with E-state index in [0.717, 1.165) is 38.5 Å². The van der Waals surface area contributed by atoms with E-state index in [4.69, 9.17) is 0 Å². The first kappa shape index (κ1) is 22.3. The topological polar surface area (TPSA) is 92.3 Å². The summed E-state index contributed by atoms with van der Waals surface area (Å²) in [5.74, 6) is -0.202. The summed E-state index contributed by atoms with van der Waals surface area (Å²) in [6.07, 6.45) is 6.77. The molecule has 0 fully saturated rings. The second kappa shape index (κ2) is 12.7. The lowest BCUT2D eigenvalue weighted by atomic mass is 9.78. The molecule has 0 saturated heterocycles. The van der Waals surface area contributed by atoms with Crippen molar-refractivity contribution in [2.75, 3.05) is 13.1 Å². The average molecular weight is 340 g/mol. The Kier molecular flexibility index (Phi) is 11.8. The average Bonchev–Trinajstić information content (AvgIpc) is 2.59. The number of nitrogens with one attached hydrogen (secondary N) is 2. The molecular formula is C18H32N2O4. The maximum Gasteiger partial charge on any atom is 0.239 e. The molecule has 0 aromatic rings. The van der Waals surface area contributed by atoms with E-state index >= 15 is 0 Å². The van der Waals surface area contributed by atoms with Gasteiger partial charge < -0.3 is 15.4 Å². The van der Waals surface area contributed by atoms with Gasteiger partial charge in [-0.05, 0) is 25.7 Å². The highest BCUT2D eigenvalue weighted by Gasteiger charge is 2.27. The van der Waals surface area contributed by atoms with Crippen LogP contribution in [0.15, 0.2) is 0 Å². The van der Waals surface area contributed by atoms with Crippen LogP contribution in [0.1, 0.15) is 72.1 Å². The number of hydrogen-bond donors (Lipinski definition) is 2. The molecule has 24 heavy (non-hydrogen) atoms. The van der Waals surface area contributed by atoms with Gasteiger partial charge >= 0.3 is 0 Å². The highest BCUT2D eigenvalue weighted by Crippen LogP contribution is 2.28. The molecule has 0 unspecified atom stereocenters. The van der Waals surface area contributed by atoms with Crippen LogP contribution in [0.5, 0.6) is 0 Å². The van der Waals surface area contributed by atoms with Crippen molar-refractivity contribution in [1.82, 2.24) is 10.6 Å². The van der Waals surface area contributed by atoms with Crippen molar-refractivity contribution in [1.29, 1.82) is 0 Å². The maximum atomic E-state index is 12.2. The van der Waals surface area contributed by atoms with Gasteiger partial charge in [0.15, 0.2) is 0 Å². The second-order valence-corrected chi connectivity index (χ2v) is 6.35. The third-order valence-electron chi connectivity index (χ3n) is 4.62. The molecule has 0 heterocycles. The SMILES string of the molecule is CCC(C)(CC)C(=O)CCCCCCC(=O)NCC(=O)NCC=O. The molecule has 0 rings (SSSR count). The zero-order valence-corrected chi connectivity index (χ0v) is 15.3. The Hall–Kier alpha value is -1.72. The van der Waals surface area contributed by atoms with Gasteiger partial charge in [-0.1, -0.05) is 33.6 Å². The number of carbonyl (C=O) groups is 4. The summed E-state index contributed by atoms with van der Waals surface area (Å²) in [5, 5.41) is 4.86. The van der Waals surface area contributed by atoms with Gasteiger partial charge in [-0.3, -0.25) is 14.4 Å². The lowest BCUT2D eigenvalue weighted by molar-refractivity contribution is -0.128. The van der Waals surface area contributed by atoms with Gasteiger partial charge in [0.1, 0.15) is 12.1 Å². The Morgan fingerprint density at radius 3 is 2.00 bits per heavy atom. The van der Waals surface area contributed by atoms with E-state index in [1.54, 1.807) is 0 Å². The predicted molar refractivity (Wildman–Crippen MR) is 93.5 cm³/mol. The third kappa shape index (κ3) is 9.43. The summed E-state index contributed by atoms with van der Waals surface area (Å²) in [5.41, 5.74) is -0.190. The molecular weight excluding hydrogens is 308 g/mol. The van der Waals surface area contributed by atoms with Crippen LogP contribution in [0, 0.1) is 5.41 Å². The van der Waals surface area contributed by atoms with Crippen LogP contribution in [-0.2, 0) is 19.2 Å². The largest absolute Gasteiger partial charge is 0.348 e. The van der Waals surface area contributed by atoms with E-state index in [-0.39, 0.29) is 30.3 Å². The Labute approximate surface area is 145 Å². The molecule has 0 aliphatic carbocycles. The van der Waals surface area contributed by atoms with Gasteiger partial charge in [-0.25, -0.2) is 0 Å². The van der Waals surface area contributed by atoms with Gasteiger partial charge in [0.2, 0.25) is 11.8 Å². The summed E-state index contributed by atoms with van der Waals surface area (Å²) in [6.45, 7) is 6.00. The van der Waals surface area contributed by atoms with Crippen LogP contribution >= 0.6 is 0 Å². The number of rotatable bonds is 14.